The number of amides is 1. The van der Waals surface area contributed by atoms with Gasteiger partial charge in [0.15, 0.2) is 0 Å². The molecule has 0 unspecified atom stereocenters. The zero-order valence-corrected chi connectivity index (χ0v) is 18.8. The Balaban J connectivity index is 1.45. The molecule has 33 heavy (non-hydrogen) atoms. The Labute approximate surface area is 190 Å². The monoisotopic (exact) mass is 489 g/mol. The zero-order chi connectivity index (χ0) is 23.6. The minimum atomic E-state index is -3.93. The molecule has 0 aromatic heterocycles. The molecule has 1 fully saturated rings. The average molecular weight is 490 g/mol. The van der Waals surface area contributed by atoms with E-state index >= 15 is 0 Å². The summed E-state index contributed by atoms with van der Waals surface area (Å²) in [7, 11) is -7.60. The maximum Gasteiger partial charge on any atom is 0.261 e. The lowest BCUT2D eigenvalue weighted by Crippen LogP contribution is -2.25. The van der Waals surface area contributed by atoms with Crippen LogP contribution in [0, 0.1) is 5.82 Å². The second-order valence-corrected chi connectivity index (χ2v) is 10.9. The van der Waals surface area contributed by atoms with E-state index in [-0.39, 0.29) is 32.8 Å². The smallest absolute Gasteiger partial charge is 0.261 e. The Hall–Kier alpha value is -3.28. The fraction of sp³-hybridized carbons (Fsp3) is 0.136. The van der Waals surface area contributed by atoms with Gasteiger partial charge in [-0.25, -0.2) is 25.9 Å². The number of sulfonamides is 2. The lowest BCUT2D eigenvalue weighted by atomic mass is 10.2. The number of hydrogen-bond donors (Lipinski definition) is 3. The largest absolute Gasteiger partial charge is 0.322 e. The summed E-state index contributed by atoms with van der Waals surface area (Å²) in [5.41, 5.74) is 0.665. The molecule has 4 rings (SSSR count). The highest BCUT2D eigenvalue weighted by molar-refractivity contribution is 7.92. The van der Waals surface area contributed by atoms with Gasteiger partial charge in [0.2, 0.25) is 10.0 Å². The number of anilines is 2. The lowest BCUT2D eigenvalue weighted by molar-refractivity contribution is 0.102. The highest BCUT2D eigenvalue weighted by Gasteiger charge is 2.28. The van der Waals surface area contributed by atoms with Gasteiger partial charge in [-0.1, -0.05) is 6.07 Å². The van der Waals surface area contributed by atoms with Crippen LogP contribution < -0.4 is 14.8 Å². The summed E-state index contributed by atoms with van der Waals surface area (Å²) in [5, 5.41) is 2.61. The van der Waals surface area contributed by atoms with Crippen LogP contribution in [0.3, 0.4) is 0 Å². The topological polar surface area (TPSA) is 121 Å². The number of nitrogens with one attached hydrogen (secondary N) is 3. The van der Waals surface area contributed by atoms with Gasteiger partial charge in [-0.2, -0.15) is 0 Å². The highest BCUT2D eigenvalue weighted by Crippen LogP contribution is 2.24. The van der Waals surface area contributed by atoms with Crippen LogP contribution >= 0.6 is 0 Å². The molecule has 11 heteroatoms. The van der Waals surface area contributed by atoms with Crippen LogP contribution in [0.15, 0.2) is 82.6 Å². The summed E-state index contributed by atoms with van der Waals surface area (Å²) in [6, 6.07) is 15.9. The van der Waals surface area contributed by atoms with Gasteiger partial charge in [-0.3, -0.25) is 9.52 Å². The van der Waals surface area contributed by atoms with Crippen molar-refractivity contribution in [3.63, 3.8) is 0 Å². The first kappa shape index (κ1) is 22.9. The number of hydrogen-bond acceptors (Lipinski definition) is 5. The molecule has 1 amide bonds. The molecule has 1 saturated carbocycles. The van der Waals surface area contributed by atoms with E-state index in [0.29, 0.717) is 0 Å². The van der Waals surface area contributed by atoms with E-state index in [2.05, 4.69) is 14.8 Å². The number of carbonyl (C=O) groups excluding carboxylic acids is 1. The van der Waals surface area contributed by atoms with Crippen molar-refractivity contribution in [2.24, 2.45) is 0 Å². The van der Waals surface area contributed by atoms with Crippen LogP contribution in [0.4, 0.5) is 15.8 Å². The van der Waals surface area contributed by atoms with E-state index in [1.165, 1.54) is 54.6 Å². The second kappa shape index (κ2) is 8.93. The first-order valence-electron chi connectivity index (χ1n) is 9.95. The van der Waals surface area contributed by atoms with Gasteiger partial charge in [0.05, 0.1) is 9.79 Å². The van der Waals surface area contributed by atoms with Crippen molar-refractivity contribution in [1.29, 1.82) is 0 Å². The Morgan fingerprint density at radius 2 is 1.45 bits per heavy atom. The molecule has 8 nitrogen and oxygen atoms in total. The molecule has 0 aliphatic heterocycles. The molecular formula is C22H20FN3O5S2. The van der Waals surface area contributed by atoms with Crippen LogP contribution in [0.2, 0.25) is 0 Å². The van der Waals surface area contributed by atoms with Crippen LogP contribution in [0.1, 0.15) is 23.2 Å². The molecule has 0 heterocycles. The molecule has 0 saturated heterocycles. The number of rotatable bonds is 8. The van der Waals surface area contributed by atoms with Crippen LogP contribution in [0.5, 0.6) is 0 Å². The van der Waals surface area contributed by atoms with Crippen molar-refractivity contribution in [3.8, 4) is 0 Å². The predicted molar refractivity (Wildman–Crippen MR) is 121 cm³/mol. The van der Waals surface area contributed by atoms with Crippen molar-refractivity contribution in [2.75, 3.05) is 10.0 Å². The van der Waals surface area contributed by atoms with Crippen molar-refractivity contribution in [2.45, 2.75) is 28.7 Å². The summed E-state index contributed by atoms with van der Waals surface area (Å²) in [5.74, 6) is -1.02. The number of carbonyl (C=O) groups is 1. The molecule has 3 aromatic carbocycles. The van der Waals surface area contributed by atoms with Gasteiger partial charge in [0, 0.05) is 23.0 Å². The fourth-order valence-electron chi connectivity index (χ4n) is 2.95. The predicted octanol–water partition coefficient (Wildman–Crippen LogP) is 3.32. The summed E-state index contributed by atoms with van der Waals surface area (Å²) in [4.78, 5) is 12.5. The van der Waals surface area contributed by atoms with Crippen LogP contribution in [-0.2, 0) is 20.0 Å². The zero-order valence-electron chi connectivity index (χ0n) is 17.2. The normalized spacial score (nSPS) is 14.0. The van der Waals surface area contributed by atoms with E-state index in [1.807, 2.05) is 0 Å². The Bertz CT molecular complexity index is 1390. The molecular weight excluding hydrogens is 469 g/mol. The van der Waals surface area contributed by atoms with Crippen molar-refractivity contribution in [3.05, 3.63) is 84.2 Å². The van der Waals surface area contributed by atoms with Gasteiger partial charge in [-0.05, 0) is 79.6 Å². The molecule has 3 N–H and O–H groups in total. The molecule has 172 valence electrons. The van der Waals surface area contributed by atoms with Crippen molar-refractivity contribution < 1.29 is 26.0 Å². The Morgan fingerprint density at radius 1 is 0.788 bits per heavy atom. The maximum absolute atomic E-state index is 13.0. The summed E-state index contributed by atoms with van der Waals surface area (Å²) in [6.45, 7) is 0. The van der Waals surface area contributed by atoms with Gasteiger partial charge in [0.1, 0.15) is 5.82 Å². The van der Waals surface area contributed by atoms with Crippen LogP contribution in [0.25, 0.3) is 0 Å². The van der Waals surface area contributed by atoms with E-state index in [0.717, 1.165) is 25.0 Å². The SMILES string of the molecule is O=C(Nc1cccc(S(=O)(=O)NC2CC2)c1)c1ccc(S(=O)(=O)Nc2ccc(F)cc2)cc1. The minimum absolute atomic E-state index is 0.0411. The lowest BCUT2D eigenvalue weighted by Gasteiger charge is -2.10. The third-order valence-corrected chi connectivity index (χ3v) is 7.74. The number of benzene rings is 3. The standard InChI is InChI=1S/C22H20FN3O5S2/c23-16-6-8-17(9-7-16)25-32(28,29)20-12-4-15(5-13-20)22(27)24-19-2-1-3-21(14-19)33(30,31)26-18-10-11-18/h1-9,12-14,18,25-26H,10-11H2,(H,24,27). The Morgan fingerprint density at radius 3 is 2.09 bits per heavy atom. The molecule has 1 aliphatic rings. The molecule has 0 radical (unpaired) electrons. The molecule has 3 aromatic rings. The quantitative estimate of drug-likeness (QED) is 0.448. The molecule has 0 spiro atoms. The first-order valence-corrected chi connectivity index (χ1v) is 12.9. The minimum Gasteiger partial charge on any atom is -0.322 e. The summed E-state index contributed by atoms with van der Waals surface area (Å²) >= 11 is 0. The Kier molecular flexibility index (Phi) is 6.19. The second-order valence-electron chi connectivity index (χ2n) is 7.51. The summed E-state index contributed by atoms with van der Waals surface area (Å²) in [6.07, 6.45) is 1.61. The molecule has 0 bridgehead atoms. The van der Waals surface area contributed by atoms with Crippen LogP contribution in [-0.4, -0.2) is 28.8 Å². The third-order valence-electron chi connectivity index (χ3n) is 4.82. The van der Waals surface area contributed by atoms with Crippen molar-refractivity contribution >= 4 is 37.3 Å². The molecule has 1 aliphatic carbocycles. The van der Waals surface area contributed by atoms with E-state index in [1.54, 1.807) is 6.07 Å². The number of halogens is 1. The van der Waals surface area contributed by atoms with Gasteiger partial charge in [0.25, 0.3) is 15.9 Å². The third kappa shape index (κ3) is 5.75. The summed E-state index contributed by atoms with van der Waals surface area (Å²) < 4.78 is 67.6. The van der Waals surface area contributed by atoms with Gasteiger partial charge in [-0.15, -0.1) is 0 Å². The van der Waals surface area contributed by atoms with Gasteiger partial charge < -0.3 is 5.32 Å². The van der Waals surface area contributed by atoms with E-state index in [4.69, 9.17) is 0 Å². The molecule has 0 atom stereocenters. The van der Waals surface area contributed by atoms with E-state index < -0.39 is 31.8 Å². The van der Waals surface area contributed by atoms with Crippen molar-refractivity contribution in [1.82, 2.24) is 4.72 Å². The first-order chi connectivity index (χ1) is 15.6. The maximum atomic E-state index is 13.0. The van der Waals surface area contributed by atoms with Gasteiger partial charge >= 0.3 is 0 Å². The average Bonchev–Trinajstić information content (AvgIpc) is 3.59. The highest BCUT2D eigenvalue weighted by atomic mass is 32.2. The fourth-order valence-corrected chi connectivity index (χ4v) is 5.36. The van der Waals surface area contributed by atoms with E-state index in [9.17, 15) is 26.0 Å².